The largest absolute Gasteiger partial charge is 0.137 e. The van der Waals surface area contributed by atoms with Gasteiger partial charge in [0.25, 0.3) is 0 Å². The van der Waals surface area contributed by atoms with Gasteiger partial charge in [-0.05, 0) is 11.3 Å². The van der Waals surface area contributed by atoms with E-state index < -0.39 is 0 Å². The molecule has 2 heteroatoms. The first-order valence-corrected chi connectivity index (χ1v) is 3.28. The summed E-state index contributed by atoms with van der Waals surface area (Å²) in [6, 6.07) is 0. The maximum absolute atomic E-state index is 6.87. The molecular weight excluding hydrogens is 122 g/mol. The van der Waals surface area contributed by atoms with Gasteiger partial charge in [-0.3, -0.25) is 0 Å². The lowest BCUT2D eigenvalue weighted by Crippen LogP contribution is -2.09. The molecule has 0 saturated carbocycles. The SMILES string of the molecule is C.[2H]PCC(C)(C)P. The summed E-state index contributed by atoms with van der Waals surface area (Å²) in [6.45, 7) is 4.25. The van der Waals surface area contributed by atoms with Crippen molar-refractivity contribution in [1.82, 2.24) is 0 Å². The molecule has 0 bridgehead atoms. The van der Waals surface area contributed by atoms with Gasteiger partial charge in [-0.15, -0.1) is 18.4 Å². The lowest BCUT2D eigenvalue weighted by atomic mass is 10.2. The lowest BCUT2D eigenvalue weighted by Gasteiger charge is -2.12. The summed E-state index contributed by atoms with van der Waals surface area (Å²) in [4.78, 5) is 0. The van der Waals surface area contributed by atoms with E-state index in [9.17, 15) is 0 Å². The number of hydrogen-bond acceptors (Lipinski definition) is 0. The van der Waals surface area contributed by atoms with Crippen LogP contribution < -0.4 is 0 Å². The van der Waals surface area contributed by atoms with Crippen LogP contribution in [0.4, 0.5) is 0 Å². The van der Waals surface area contributed by atoms with E-state index in [0.717, 1.165) is 6.16 Å². The van der Waals surface area contributed by atoms with Crippen LogP contribution in [-0.2, 0) is 0 Å². The van der Waals surface area contributed by atoms with Crippen LogP contribution in [0.1, 0.15) is 21.3 Å². The lowest BCUT2D eigenvalue weighted by molar-refractivity contribution is 0.818. The standard InChI is InChI=1S/C4H12P2.CH4/c1-4(2,6)3-5;/h3,5-6H2,1-2H3;1H4/i5D;. The van der Waals surface area contributed by atoms with Crippen molar-refractivity contribution in [2.45, 2.75) is 26.4 Å². The van der Waals surface area contributed by atoms with Gasteiger partial charge in [-0.2, -0.15) is 0 Å². The Kier molecular flexibility index (Phi) is 4.28. The van der Waals surface area contributed by atoms with Crippen LogP contribution in [0.15, 0.2) is 0 Å². The molecule has 7 heavy (non-hydrogen) atoms. The molecule has 0 aromatic rings. The Balaban J connectivity index is 0. The first-order valence-electron chi connectivity index (χ1n) is 2.50. The molecule has 0 amide bonds. The first kappa shape index (κ1) is 7.86. The Morgan fingerprint density at radius 2 is 2.14 bits per heavy atom. The quantitative estimate of drug-likeness (QED) is 0.514. The first-order chi connectivity index (χ1) is 3.06. The van der Waals surface area contributed by atoms with Crippen LogP contribution in [0.3, 0.4) is 0 Å². The predicted octanol–water partition coefficient (Wildman–Crippen LogP) is 2.15. The minimum absolute atomic E-state index is 0. The summed E-state index contributed by atoms with van der Waals surface area (Å²) in [6.07, 6.45) is 0.998. The maximum atomic E-state index is 6.87. The monoisotopic (exact) mass is 139 g/mol. The van der Waals surface area contributed by atoms with Crippen molar-refractivity contribution < 1.29 is 0 Å². The fourth-order valence-electron chi connectivity index (χ4n) is 0. The van der Waals surface area contributed by atoms with E-state index >= 15 is 0 Å². The Bertz CT molecular complexity index is 48.9. The molecule has 0 saturated heterocycles. The Hall–Kier alpha value is 0.860. The summed E-state index contributed by atoms with van der Waals surface area (Å²) in [7, 11) is 3.06. The molecule has 0 aliphatic heterocycles. The van der Waals surface area contributed by atoms with E-state index in [-0.39, 0.29) is 7.43 Å². The molecule has 0 nitrogen and oxygen atoms in total. The third-order valence-electron chi connectivity index (χ3n) is 0.456. The van der Waals surface area contributed by atoms with E-state index in [2.05, 4.69) is 23.1 Å². The summed E-state index contributed by atoms with van der Waals surface area (Å²) >= 11 is 0. The second-order valence-electron chi connectivity index (χ2n) is 2.17. The molecular formula is C5H16P2. The molecule has 0 rings (SSSR count). The highest BCUT2D eigenvalue weighted by atomic mass is 31.0. The van der Waals surface area contributed by atoms with E-state index in [1.165, 1.54) is 0 Å². The minimum atomic E-state index is 0. The molecule has 0 aromatic heterocycles. The molecule has 0 spiro atoms. The fraction of sp³-hybridized carbons (Fsp3) is 1.00. The zero-order chi connectivity index (χ0) is 5.91. The van der Waals surface area contributed by atoms with Crippen LogP contribution in [0.25, 0.3) is 0 Å². The molecule has 0 aliphatic rings. The molecule has 0 radical (unpaired) electrons. The fourth-order valence-corrected chi connectivity index (χ4v) is 0. The van der Waals surface area contributed by atoms with Crippen LogP contribution >= 0.6 is 18.4 Å². The molecule has 0 N–H and O–H groups in total. The smallest absolute Gasteiger partial charge is 0.0546 e. The predicted molar refractivity (Wildman–Crippen MR) is 45.1 cm³/mol. The molecule has 46 valence electrons. The van der Waals surface area contributed by atoms with Crippen LogP contribution in [0, 0.1) is 0 Å². The van der Waals surface area contributed by atoms with E-state index in [1.54, 1.807) is 0 Å². The molecule has 0 aliphatic carbocycles. The summed E-state index contributed by atoms with van der Waals surface area (Å²) in [5, 5.41) is 0.292. The highest BCUT2D eigenvalue weighted by Crippen LogP contribution is 2.17. The third kappa shape index (κ3) is 10.9. The Morgan fingerprint density at radius 3 is 2.14 bits per heavy atom. The van der Waals surface area contributed by atoms with Crippen molar-refractivity contribution in [3.05, 3.63) is 0 Å². The summed E-state index contributed by atoms with van der Waals surface area (Å²) < 4.78 is 6.87. The Morgan fingerprint density at radius 1 is 1.71 bits per heavy atom. The molecule has 2 atom stereocenters. The average Bonchev–Trinajstić information content (AvgIpc) is 1.30. The van der Waals surface area contributed by atoms with Gasteiger partial charge in [0.2, 0.25) is 0 Å². The second kappa shape index (κ2) is 3.81. The van der Waals surface area contributed by atoms with Crippen molar-refractivity contribution in [3.63, 3.8) is 0 Å². The van der Waals surface area contributed by atoms with E-state index in [0.29, 0.717) is 14.3 Å². The van der Waals surface area contributed by atoms with Crippen LogP contribution in [0.2, 0.25) is 0 Å². The van der Waals surface area contributed by atoms with Crippen molar-refractivity contribution in [1.29, 1.82) is 1.28 Å². The molecule has 2 unspecified atom stereocenters. The highest BCUT2D eigenvalue weighted by Gasteiger charge is 2.03. The zero-order valence-corrected chi connectivity index (χ0v) is 6.44. The molecule has 0 aromatic carbocycles. The number of hydrogen-bond donors (Lipinski definition) is 0. The maximum Gasteiger partial charge on any atom is 0.0546 e. The topological polar surface area (TPSA) is 0 Å². The van der Waals surface area contributed by atoms with Crippen molar-refractivity contribution in [2.24, 2.45) is 0 Å². The average molecular weight is 139 g/mol. The molecule has 0 fully saturated rings. The van der Waals surface area contributed by atoms with Gasteiger partial charge < -0.3 is 0 Å². The van der Waals surface area contributed by atoms with E-state index in [1.807, 2.05) is 0 Å². The third-order valence-corrected chi connectivity index (χ3v) is 1.98. The number of rotatable bonds is 2. The van der Waals surface area contributed by atoms with Gasteiger partial charge in [0, 0.05) is 0 Å². The van der Waals surface area contributed by atoms with Crippen LogP contribution in [-0.4, -0.2) is 12.6 Å². The normalized spacial score (nSPS) is 13.9. The van der Waals surface area contributed by atoms with E-state index in [4.69, 9.17) is 1.28 Å². The van der Waals surface area contributed by atoms with Crippen molar-refractivity contribution >= 4 is 18.4 Å². The van der Waals surface area contributed by atoms with Crippen molar-refractivity contribution in [3.8, 4) is 0 Å². The highest BCUT2D eigenvalue weighted by molar-refractivity contribution is 7.23. The second-order valence-corrected chi connectivity index (χ2v) is 4.08. The van der Waals surface area contributed by atoms with Crippen LogP contribution in [0.5, 0.6) is 0 Å². The van der Waals surface area contributed by atoms with Gasteiger partial charge in [0.05, 0.1) is 1.28 Å². The van der Waals surface area contributed by atoms with Gasteiger partial charge >= 0.3 is 0 Å². The zero-order valence-electron chi connectivity index (χ0n) is 5.28. The summed E-state index contributed by atoms with van der Waals surface area (Å²) in [5.74, 6) is 0. The summed E-state index contributed by atoms with van der Waals surface area (Å²) in [5.41, 5.74) is 0. The van der Waals surface area contributed by atoms with Gasteiger partial charge in [-0.25, -0.2) is 0 Å². The van der Waals surface area contributed by atoms with Gasteiger partial charge in [0.1, 0.15) is 0 Å². The van der Waals surface area contributed by atoms with Gasteiger partial charge in [-0.1, -0.05) is 21.3 Å². The van der Waals surface area contributed by atoms with Crippen molar-refractivity contribution in [2.75, 3.05) is 6.16 Å². The Labute approximate surface area is 53.1 Å². The minimum Gasteiger partial charge on any atom is -0.137 e. The van der Waals surface area contributed by atoms with Gasteiger partial charge in [0.15, 0.2) is 0 Å². The molecule has 0 heterocycles.